The number of aldehydes is 1. The molecule has 0 bridgehead atoms. The summed E-state index contributed by atoms with van der Waals surface area (Å²) in [4.78, 5) is 22.3. The molecule has 0 saturated heterocycles. The first-order chi connectivity index (χ1) is 12.1. The molecule has 1 aromatic rings. The van der Waals surface area contributed by atoms with Gasteiger partial charge in [-0.2, -0.15) is 5.10 Å². The van der Waals surface area contributed by atoms with Gasteiger partial charge in [0.25, 0.3) is 0 Å². The number of carbonyl (C=O) groups excluding carboxylic acids is 2. The number of aromatic nitrogens is 2. The number of allylic oxidation sites excluding steroid dienone is 2. The number of rotatable bonds is 13. The number of carbonyl (C=O) groups is 2. The normalized spacial score (nSPS) is 11.2. The number of hydrogen-bond donors (Lipinski definition) is 1. The second-order valence-corrected chi connectivity index (χ2v) is 6.07. The van der Waals surface area contributed by atoms with Gasteiger partial charge < -0.3 is 9.84 Å². The molecule has 0 fully saturated rings. The summed E-state index contributed by atoms with van der Waals surface area (Å²) in [6.07, 6.45) is 11.4. The molecule has 0 aliphatic heterocycles. The maximum Gasteiger partial charge on any atom is 0.305 e. The smallest absolute Gasteiger partial charge is 0.305 e. The molecule has 0 unspecified atom stereocenters. The van der Waals surface area contributed by atoms with Crippen molar-refractivity contribution in [2.75, 3.05) is 13.7 Å². The summed E-state index contributed by atoms with van der Waals surface area (Å²) >= 11 is 0. The lowest BCUT2D eigenvalue weighted by atomic mass is 10.1. The lowest BCUT2D eigenvalue weighted by Crippen LogP contribution is -2.03. The summed E-state index contributed by atoms with van der Waals surface area (Å²) in [6, 6.07) is 0. The van der Waals surface area contributed by atoms with E-state index in [9.17, 15) is 9.59 Å². The van der Waals surface area contributed by atoms with Crippen molar-refractivity contribution >= 4 is 12.3 Å². The van der Waals surface area contributed by atoms with Gasteiger partial charge in [0.1, 0.15) is 5.69 Å². The van der Waals surface area contributed by atoms with Crippen LogP contribution in [0.1, 0.15) is 66.7 Å². The molecule has 0 amide bonds. The van der Waals surface area contributed by atoms with Crippen molar-refractivity contribution < 1.29 is 19.4 Å². The fourth-order valence-corrected chi connectivity index (χ4v) is 2.68. The van der Waals surface area contributed by atoms with Crippen LogP contribution in [-0.2, 0) is 22.5 Å². The van der Waals surface area contributed by atoms with Crippen LogP contribution < -0.4 is 0 Å². The van der Waals surface area contributed by atoms with Gasteiger partial charge in [0, 0.05) is 30.8 Å². The Morgan fingerprint density at radius 3 is 2.64 bits per heavy atom. The maximum atomic E-state index is 11.3. The van der Waals surface area contributed by atoms with Crippen molar-refractivity contribution in [1.29, 1.82) is 0 Å². The van der Waals surface area contributed by atoms with Gasteiger partial charge in [-0.05, 0) is 39.0 Å². The van der Waals surface area contributed by atoms with Crippen molar-refractivity contribution in [2.45, 2.75) is 64.8 Å². The topological polar surface area (TPSA) is 81.4 Å². The fraction of sp³-hybridized carbons (Fsp3) is 0.632. The molecule has 6 heteroatoms. The lowest BCUT2D eigenvalue weighted by Gasteiger charge is -2.04. The summed E-state index contributed by atoms with van der Waals surface area (Å²) in [6.45, 7) is 3.03. The number of esters is 1. The summed E-state index contributed by atoms with van der Waals surface area (Å²) in [5, 5.41) is 13.2. The molecule has 1 N–H and O–H groups in total. The van der Waals surface area contributed by atoms with Crippen LogP contribution in [0, 0.1) is 6.92 Å². The predicted octanol–water partition coefficient (Wildman–Crippen LogP) is 3.00. The van der Waals surface area contributed by atoms with Crippen LogP contribution in [0.4, 0.5) is 0 Å². The number of aliphatic hydroxyl groups excluding tert-OH is 1. The van der Waals surface area contributed by atoms with E-state index in [0.29, 0.717) is 18.5 Å². The average molecular weight is 350 g/mol. The van der Waals surface area contributed by atoms with E-state index in [4.69, 9.17) is 5.11 Å². The quantitative estimate of drug-likeness (QED) is 0.256. The van der Waals surface area contributed by atoms with Gasteiger partial charge in [0.05, 0.1) is 7.11 Å². The minimum absolute atomic E-state index is 0.187. The molecule has 1 aromatic heterocycles. The van der Waals surface area contributed by atoms with Crippen LogP contribution in [0.15, 0.2) is 12.2 Å². The number of methoxy groups -OCH3 is 1. The molecule has 140 valence electrons. The zero-order valence-electron chi connectivity index (χ0n) is 15.4. The molecule has 0 aromatic carbocycles. The zero-order valence-corrected chi connectivity index (χ0v) is 15.4. The average Bonchev–Trinajstić information content (AvgIpc) is 2.93. The Morgan fingerprint density at radius 1 is 1.20 bits per heavy atom. The minimum atomic E-state index is -0.187. The number of unbranched alkanes of at least 4 members (excludes halogenated alkanes) is 4. The SMILES string of the molecule is COC(=O)CCCC=CCc1c(C=O)nn(CCCCCCO)c1C. The van der Waals surface area contributed by atoms with E-state index >= 15 is 0 Å². The summed E-state index contributed by atoms with van der Waals surface area (Å²) in [5.41, 5.74) is 2.50. The first-order valence-electron chi connectivity index (χ1n) is 8.98. The van der Waals surface area contributed by atoms with E-state index < -0.39 is 0 Å². The molecular weight excluding hydrogens is 320 g/mol. The number of aryl methyl sites for hydroxylation is 1. The highest BCUT2D eigenvalue weighted by Gasteiger charge is 2.12. The van der Waals surface area contributed by atoms with Crippen molar-refractivity contribution in [3.8, 4) is 0 Å². The van der Waals surface area contributed by atoms with E-state index in [1.54, 1.807) is 0 Å². The van der Waals surface area contributed by atoms with Crippen LogP contribution in [0.25, 0.3) is 0 Å². The van der Waals surface area contributed by atoms with Crippen LogP contribution in [0.2, 0.25) is 0 Å². The van der Waals surface area contributed by atoms with Crippen molar-refractivity contribution in [1.82, 2.24) is 9.78 Å². The Labute approximate surface area is 149 Å². The summed E-state index contributed by atoms with van der Waals surface area (Å²) in [5.74, 6) is -0.187. The van der Waals surface area contributed by atoms with E-state index in [1.807, 2.05) is 23.8 Å². The third kappa shape index (κ3) is 7.65. The molecule has 1 rings (SSSR count). The Balaban J connectivity index is 2.49. The van der Waals surface area contributed by atoms with Crippen LogP contribution in [0.3, 0.4) is 0 Å². The molecule has 6 nitrogen and oxygen atoms in total. The summed E-state index contributed by atoms with van der Waals surface area (Å²) < 4.78 is 6.51. The minimum Gasteiger partial charge on any atom is -0.469 e. The van der Waals surface area contributed by atoms with E-state index in [2.05, 4.69) is 9.84 Å². The van der Waals surface area contributed by atoms with E-state index in [1.165, 1.54) is 7.11 Å². The molecule has 0 atom stereocenters. The Morgan fingerprint density at radius 2 is 1.96 bits per heavy atom. The highest BCUT2D eigenvalue weighted by Crippen LogP contribution is 2.15. The van der Waals surface area contributed by atoms with Crippen LogP contribution in [0.5, 0.6) is 0 Å². The second kappa shape index (κ2) is 12.4. The number of aliphatic hydroxyl groups is 1. The third-order valence-corrected chi connectivity index (χ3v) is 4.22. The molecule has 0 aliphatic rings. The first-order valence-corrected chi connectivity index (χ1v) is 8.98. The number of hydrogen-bond acceptors (Lipinski definition) is 5. The fourth-order valence-electron chi connectivity index (χ4n) is 2.68. The Bertz CT molecular complexity index is 564. The molecule has 0 radical (unpaired) electrons. The first kappa shape index (κ1) is 21.1. The van der Waals surface area contributed by atoms with Gasteiger partial charge in [0.15, 0.2) is 6.29 Å². The standard InChI is InChI=1S/C19H30N2O4/c1-16-17(11-7-3-4-8-12-19(24)25-2)18(15-23)20-21(16)13-9-5-6-10-14-22/h3,7,15,22H,4-6,8-14H2,1-2H3. The van der Waals surface area contributed by atoms with E-state index in [-0.39, 0.29) is 12.6 Å². The van der Waals surface area contributed by atoms with Crippen molar-refractivity contribution in [3.63, 3.8) is 0 Å². The molecule has 25 heavy (non-hydrogen) atoms. The maximum absolute atomic E-state index is 11.3. The number of ether oxygens (including phenoxy) is 1. The van der Waals surface area contributed by atoms with Crippen molar-refractivity contribution in [3.05, 3.63) is 29.1 Å². The lowest BCUT2D eigenvalue weighted by molar-refractivity contribution is -0.140. The highest BCUT2D eigenvalue weighted by molar-refractivity contribution is 5.74. The largest absolute Gasteiger partial charge is 0.469 e. The van der Waals surface area contributed by atoms with Gasteiger partial charge >= 0.3 is 5.97 Å². The van der Waals surface area contributed by atoms with Crippen molar-refractivity contribution in [2.24, 2.45) is 0 Å². The van der Waals surface area contributed by atoms with Gasteiger partial charge in [-0.15, -0.1) is 0 Å². The second-order valence-electron chi connectivity index (χ2n) is 6.07. The van der Waals surface area contributed by atoms with E-state index in [0.717, 1.165) is 62.6 Å². The monoisotopic (exact) mass is 350 g/mol. The van der Waals surface area contributed by atoms with Gasteiger partial charge in [-0.25, -0.2) is 0 Å². The van der Waals surface area contributed by atoms with Gasteiger partial charge in [-0.3, -0.25) is 14.3 Å². The molecule has 1 heterocycles. The van der Waals surface area contributed by atoms with Gasteiger partial charge in [-0.1, -0.05) is 25.0 Å². The Kier molecular flexibility index (Phi) is 10.5. The zero-order chi connectivity index (χ0) is 18.5. The molecule has 0 aliphatic carbocycles. The predicted molar refractivity (Wildman–Crippen MR) is 96.6 cm³/mol. The van der Waals surface area contributed by atoms with Gasteiger partial charge in [0.2, 0.25) is 0 Å². The summed E-state index contributed by atoms with van der Waals surface area (Å²) in [7, 11) is 1.40. The highest BCUT2D eigenvalue weighted by atomic mass is 16.5. The third-order valence-electron chi connectivity index (χ3n) is 4.22. The molecule has 0 spiro atoms. The Hall–Kier alpha value is -1.95. The molecular formula is C19H30N2O4. The van der Waals surface area contributed by atoms with Crippen LogP contribution in [-0.4, -0.2) is 40.9 Å². The van der Waals surface area contributed by atoms with Crippen LogP contribution >= 0.6 is 0 Å². The number of nitrogens with zero attached hydrogens (tertiary/aromatic N) is 2. The molecule has 0 saturated carbocycles.